The number of rotatable bonds is 4. The molecular formula is C17H19N3O4. The van der Waals surface area contributed by atoms with Crippen molar-refractivity contribution in [1.29, 1.82) is 0 Å². The van der Waals surface area contributed by atoms with Gasteiger partial charge in [-0.05, 0) is 31.4 Å². The zero-order valence-electron chi connectivity index (χ0n) is 13.4. The maximum atomic E-state index is 12.0. The molecule has 1 fully saturated rings. The van der Waals surface area contributed by atoms with Crippen LogP contribution < -0.4 is 10.5 Å². The Labute approximate surface area is 138 Å². The summed E-state index contributed by atoms with van der Waals surface area (Å²) in [6, 6.07) is 3.70. The third kappa shape index (κ3) is 2.73. The van der Waals surface area contributed by atoms with Crippen LogP contribution in [0.5, 0.6) is 5.75 Å². The monoisotopic (exact) mass is 329 g/mol. The molecule has 3 N–H and O–H groups in total. The molecule has 7 heteroatoms. The van der Waals surface area contributed by atoms with Crippen molar-refractivity contribution in [3.63, 3.8) is 0 Å². The highest BCUT2D eigenvalue weighted by molar-refractivity contribution is 5.91. The normalized spacial score (nSPS) is 14.1. The standard InChI is InChI=1S/C17H19N3O4/c1-2-11-14(19-16(22)13(15(11)21)17(23)24)10-5-6-12(18-9-10)20-7-3-4-8-20/h5-6,9H,2-4,7-8H2,1H3,(H,23,24)(H2,19,21,22). The van der Waals surface area contributed by atoms with Crippen molar-refractivity contribution < 1.29 is 15.0 Å². The number of carboxylic acid groups (broad SMARTS) is 1. The topological polar surface area (TPSA) is 107 Å². The molecule has 0 unspecified atom stereocenters. The van der Waals surface area contributed by atoms with Crippen LogP contribution >= 0.6 is 0 Å². The molecule has 126 valence electrons. The first-order chi connectivity index (χ1) is 11.5. The third-order valence-corrected chi connectivity index (χ3v) is 4.32. The maximum absolute atomic E-state index is 12.0. The number of aromatic nitrogens is 2. The van der Waals surface area contributed by atoms with Gasteiger partial charge in [0.25, 0.3) is 5.56 Å². The van der Waals surface area contributed by atoms with E-state index in [0.717, 1.165) is 31.7 Å². The van der Waals surface area contributed by atoms with Crippen LogP contribution in [0.1, 0.15) is 35.7 Å². The molecule has 1 aliphatic heterocycles. The zero-order valence-corrected chi connectivity index (χ0v) is 13.4. The lowest BCUT2D eigenvalue weighted by molar-refractivity contribution is 0.0691. The van der Waals surface area contributed by atoms with Crippen LogP contribution in [-0.4, -0.2) is 39.2 Å². The maximum Gasteiger partial charge on any atom is 0.345 e. The van der Waals surface area contributed by atoms with Crippen molar-refractivity contribution in [3.05, 3.63) is 39.8 Å². The minimum absolute atomic E-state index is 0.381. The Balaban J connectivity index is 2.05. The van der Waals surface area contributed by atoms with Crippen molar-refractivity contribution in [3.8, 4) is 17.0 Å². The molecule has 0 radical (unpaired) electrons. The molecule has 24 heavy (non-hydrogen) atoms. The summed E-state index contributed by atoms with van der Waals surface area (Å²) >= 11 is 0. The number of anilines is 1. The zero-order chi connectivity index (χ0) is 17.3. The first-order valence-corrected chi connectivity index (χ1v) is 7.95. The highest BCUT2D eigenvalue weighted by Crippen LogP contribution is 2.30. The fourth-order valence-corrected chi connectivity index (χ4v) is 3.08. The lowest BCUT2D eigenvalue weighted by Gasteiger charge is -2.17. The molecule has 1 aliphatic rings. The smallest absolute Gasteiger partial charge is 0.345 e. The van der Waals surface area contributed by atoms with E-state index in [-0.39, 0.29) is 0 Å². The summed E-state index contributed by atoms with van der Waals surface area (Å²) in [6.45, 7) is 3.75. The number of hydrogen-bond acceptors (Lipinski definition) is 5. The van der Waals surface area contributed by atoms with Gasteiger partial charge in [-0.1, -0.05) is 6.92 Å². The summed E-state index contributed by atoms with van der Waals surface area (Å²) in [7, 11) is 0. The van der Waals surface area contributed by atoms with Gasteiger partial charge in [0, 0.05) is 30.4 Å². The van der Waals surface area contributed by atoms with Crippen LogP contribution in [-0.2, 0) is 6.42 Å². The van der Waals surface area contributed by atoms with Gasteiger partial charge >= 0.3 is 5.97 Å². The van der Waals surface area contributed by atoms with Crippen LogP contribution in [0.15, 0.2) is 23.1 Å². The van der Waals surface area contributed by atoms with Gasteiger partial charge in [0.1, 0.15) is 11.6 Å². The summed E-state index contributed by atoms with van der Waals surface area (Å²) in [5.74, 6) is -1.05. The molecule has 0 saturated carbocycles. The quantitative estimate of drug-likeness (QED) is 0.792. The molecular weight excluding hydrogens is 310 g/mol. The molecule has 0 spiro atoms. The molecule has 0 atom stereocenters. The molecule has 0 amide bonds. The number of H-pyrrole nitrogens is 1. The Bertz CT molecular complexity index is 821. The third-order valence-electron chi connectivity index (χ3n) is 4.32. The molecule has 0 bridgehead atoms. The molecule has 2 aromatic rings. The fourth-order valence-electron chi connectivity index (χ4n) is 3.08. The number of aromatic carboxylic acids is 1. The molecule has 1 saturated heterocycles. The first kappa shape index (κ1) is 16.0. The van der Waals surface area contributed by atoms with Crippen molar-refractivity contribution in [2.45, 2.75) is 26.2 Å². The Hall–Kier alpha value is -2.83. The van der Waals surface area contributed by atoms with Crippen LogP contribution in [0.3, 0.4) is 0 Å². The van der Waals surface area contributed by atoms with Crippen molar-refractivity contribution in [2.75, 3.05) is 18.0 Å². The van der Waals surface area contributed by atoms with Crippen LogP contribution in [0, 0.1) is 0 Å². The van der Waals surface area contributed by atoms with Gasteiger partial charge < -0.3 is 20.1 Å². The van der Waals surface area contributed by atoms with E-state index >= 15 is 0 Å². The van der Waals surface area contributed by atoms with Crippen LogP contribution in [0.4, 0.5) is 5.82 Å². The van der Waals surface area contributed by atoms with Gasteiger partial charge in [0.05, 0.1) is 5.69 Å². The van der Waals surface area contributed by atoms with E-state index in [1.54, 1.807) is 13.1 Å². The highest BCUT2D eigenvalue weighted by Gasteiger charge is 2.22. The largest absolute Gasteiger partial charge is 0.506 e. The Morgan fingerprint density at radius 2 is 2.04 bits per heavy atom. The number of hydrogen-bond donors (Lipinski definition) is 3. The average molecular weight is 329 g/mol. The van der Waals surface area contributed by atoms with Gasteiger partial charge in [0.2, 0.25) is 0 Å². The van der Waals surface area contributed by atoms with Gasteiger partial charge in [0.15, 0.2) is 5.56 Å². The lowest BCUT2D eigenvalue weighted by Crippen LogP contribution is -2.20. The van der Waals surface area contributed by atoms with Gasteiger partial charge in [-0.25, -0.2) is 9.78 Å². The summed E-state index contributed by atoms with van der Waals surface area (Å²) < 4.78 is 0. The van der Waals surface area contributed by atoms with Crippen molar-refractivity contribution >= 4 is 11.8 Å². The van der Waals surface area contributed by atoms with E-state index < -0.39 is 22.8 Å². The second kappa shape index (κ2) is 6.35. The molecule has 7 nitrogen and oxygen atoms in total. The Morgan fingerprint density at radius 3 is 2.58 bits per heavy atom. The number of pyridine rings is 2. The second-order valence-electron chi connectivity index (χ2n) is 5.79. The van der Waals surface area contributed by atoms with E-state index in [4.69, 9.17) is 5.11 Å². The summed E-state index contributed by atoms with van der Waals surface area (Å²) in [4.78, 5) is 32.3. The fraction of sp³-hybridized carbons (Fsp3) is 0.353. The van der Waals surface area contributed by atoms with Crippen LogP contribution in [0.25, 0.3) is 11.3 Å². The first-order valence-electron chi connectivity index (χ1n) is 7.95. The molecule has 0 aromatic carbocycles. The minimum Gasteiger partial charge on any atom is -0.506 e. The van der Waals surface area contributed by atoms with E-state index in [2.05, 4.69) is 14.9 Å². The van der Waals surface area contributed by atoms with E-state index in [0.29, 0.717) is 23.2 Å². The van der Waals surface area contributed by atoms with E-state index in [1.165, 1.54) is 0 Å². The van der Waals surface area contributed by atoms with Gasteiger partial charge in [-0.15, -0.1) is 0 Å². The summed E-state index contributed by atoms with van der Waals surface area (Å²) in [6.07, 6.45) is 4.33. The minimum atomic E-state index is -1.45. The van der Waals surface area contributed by atoms with Crippen molar-refractivity contribution in [1.82, 2.24) is 9.97 Å². The van der Waals surface area contributed by atoms with Gasteiger partial charge in [-0.3, -0.25) is 4.79 Å². The number of aromatic hydroxyl groups is 1. The second-order valence-corrected chi connectivity index (χ2v) is 5.79. The Kier molecular flexibility index (Phi) is 4.24. The molecule has 2 aromatic heterocycles. The van der Waals surface area contributed by atoms with Gasteiger partial charge in [-0.2, -0.15) is 0 Å². The van der Waals surface area contributed by atoms with E-state index in [9.17, 15) is 14.7 Å². The Morgan fingerprint density at radius 1 is 1.33 bits per heavy atom. The van der Waals surface area contributed by atoms with Crippen molar-refractivity contribution in [2.24, 2.45) is 0 Å². The average Bonchev–Trinajstić information content (AvgIpc) is 3.08. The summed E-state index contributed by atoms with van der Waals surface area (Å²) in [5, 5.41) is 19.3. The number of carboxylic acids is 1. The lowest BCUT2D eigenvalue weighted by atomic mass is 10.0. The van der Waals surface area contributed by atoms with E-state index in [1.807, 2.05) is 12.1 Å². The molecule has 3 rings (SSSR count). The van der Waals surface area contributed by atoms with Crippen LogP contribution in [0.2, 0.25) is 0 Å². The molecule has 0 aliphatic carbocycles. The number of carbonyl (C=O) groups is 1. The summed E-state index contributed by atoms with van der Waals surface area (Å²) in [5.41, 5.74) is -0.0135. The number of aromatic amines is 1. The molecule has 3 heterocycles. The predicted molar refractivity (Wildman–Crippen MR) is 89.7 cm³/mol. The SMILES string of the molecule is CCc1c(-c2ccc(N3CCCC3)nc2)[nH]c(=O)c(C(=O)O)c1O. The number of nitrogens with one attached hydrogen (secondary N) is 1. The number of nitrogens with zero attached hydrogens (tertiary/aromatic N) is 2. The highest BCUT2D eigenvalue weighted by atomic mass is 16.4. The predicted octanol–water partition coefficient (Wildman–Crippen LogP) is 2.00.